The SMILES string of the molecule is CCCC(C)NC(=O)COc1cc(C(C)C)ccc1C. The van der Waals surface area contributed by atoms with Gasteiger partial charge in [-0.25, -0.2) is 0 Å². The molecule has 1 aromatic carbocycles. The second kappa shape index (κ2) is 7.93. The fraction of sp³-hybridized carbons (Fsp3) is 0.588. The van der Waals surface area contributed by atoms with Gasteiger partial charge >= 0.3 is 0 Å². The molecule has 1 N–H and O–H groups in total. The zero-order valence-corrected chi connectivity index (χ0v) is 13.3. The van der Waals surface area contributed by atoms with Crippen LogP contribution in [0.4, 0.5) is 0 Å². The van der Waals surface area contributed by atoms with Gasteiger partial charge in [0.2, 0.25) is 0 Å². The third kappa shape index (κ3) is 5.24. The van der Waals surface area contributed by atoms with Crippen molar-refractivity contribution in [1.29, 1.82) is 0 Å². The Bertz CT molecular complexity index is 441. The Balaban J connectivity index is 2.56. The number of hydrogen-bond acceptors (Lipinski definition) is 2. The van der Waals surface area contributed by atoms with Crippen molar-refractivity contribution in [1.82, 2.24) is 5.32 Å². The lowest BCUT2D eigenvalue weighted by Crippen LogP contribution is -2.36. The molecule has 0 aromatic heterocycles. The van der Waals surface area contributed by atoms with Crippen LogP contribution in [-0.2, 0) is 4.79 Å². The van der Waals surface area contributed by atoms with Gasteiger partial charge in [-0.1, -0.05) is 39.3 Å². The Hall–Kier alpha value is -1.51. The van der Waals surface area contributed by atoms with Crippen molar-refractivity contribution in [2.75, 3.05) is 6.61 Å². The third-order valence-electron chi connectivity index (χ3n) is 3.37. The minimum atomic E-state index is -0.0553. The molecule has 112 valence electrons. The van der Waals surface area contributed by atoms with Crippen molar-refractivity contribution in [3.05, 3.63) is 29.3 Å². The van der Waals surface area contributed by atoms with Crippen LogP contribution >= 0.6 is 0 Å². The molecule has 1 atom stereocenters. The van der Waals surface area contributed by atoms with Crippen LogP contribution in [0.25, 0.3) is 0 Å². The van der Waals surface area contributed by atoms with Gasteiger partial charge in [0.05, 0.1) is 0 Å². The van der Waals surface area contributed by atoms with Crippen LogP contribution in [0, 0.1) is 6.92 Å². The molecule has 0 radical (unpaired) electrons. The number of nitrogens with one attached hydrogen (secondary N) is 1. The molecule has 20 heavy (non-hydrogen) atoms. The summed E-state index contributed by atoms with van der Waals surface area (Å²) in [6, 6.07) is 6.39. The molecule has 0 aliphatic carbocycles. The lowest BCUT2D eigenvalue weighted by atomic mass is 10.0. The van der Waals surface area contributed by atoms with Crippen molar-refractivity contribution >= 4 is 5.91 Å². The lowest BCUT2D eigenvalue weighted by molar-refractivity contribution is -0.123. The van der Waals surface area contributed by atoms with Crippen LogP contribution in [0.15, 0.2) is 18.2 Å². The molecule has 0 heterocycles. The summed E-state index contributed by atoms with van der Waals surface area (Å²) in [5, 5.41) is 2.94. The van der Waals surface area contributed by atoms with E-state index in [-0.39, 0.29) is 18.6 Å². The van der Waals surface area contributed by atoms with Gasteiger partial charge in [-0.15, -0.1) is 0 Å². The Labute approximate surface area is 122 Å². The van der Waals surface area contributed by atoms with Gasteiger partial charge in [0.25, 0.3) is 5.91 Å². The average molecular weight is 277 g/mol. The van der Waals surface area contributed by atoms with Gasteiger partial charge < -0.3 is 10.1 Å². The molecule has 0 aliphatic heterocycles. The van der Waals surface area contributed by atoms with Crippen LogP contribution in [0.2, 0.25) is 0 Å². The minimum Gasteiger partial charge on any atom is -0.483 e. The number of carbonyl (C=O) groups is 1. The smallest absolute Gasteiger partial charge is 0.258 e. The first-order valence-corrected chi connectivity index (χ1v) is 7.46. The number of aryl methyl sites for hydroxylation is 1. The summed E-state index contributed by atoms with van der Waals surface area (Å²) < 4.78 is 5.66. The molecule has 0 spiro atoms. The molecular formula is C17H27NO2. The standard InChI is InChI=1S/C17H27NO2/c1-6-7-14(5)18-17(19)11-20-16-10-15(12(2)3)9-8-13(16)4/h8-10,12,14H,6-7,11H2,1-5H3,(H,18,19). The zero-order chi connectivity index (χ0) is 15.1. The maximum Gasteiger partial charge on any atom is 0.258 e. The highest BCUT2D eigenvalue weighted by atomic mass is 16.5. The molecule has 0 fully saturated rings. The summed E-state index contributed by atoms with van der Waals surface area (Å²) in [5.41, 5.74) is 2.29. The number of carbonyl (C=O) groups excluding carboxylic acids is 1. The lowest BCUT2D eigenvalue weighted by Gasteiger charge is -2.15. The Morgan fingerprint density at radius 3 is 2.60 bits per heavy atom. The molecule has 0 saturated heterocycles. The summed E-state index contributed by atoms with van der Waals surface area (Å²) >= 11 is 0. The largest absolute Gasteiger partial charge is 0.483 e. The van der Waals surface area contributed by atoms with E-state index in [1.807, 2.05) is 26.0 Å². The van der Waals surface area contributed by atoms with Crippen LogP contribution in [0.1, 0.15) is 57.6 Å². The van der Waals surface area contributed by atoms with E-state index in [4.69, 9.17) is 4.74 Å². The highest BCUT2D eigenvalue weighted by Crippen LogP contribution is 2.24. The fourth-order valence-corrected chi connectivity index (χ4v) is 2.10. The number of amides is 1. The first kappa shape index (κ1) is 16.5. The van der Waals surface area contributed by atoms with Crippen LogP contribution < -0.4 is 10.1 Å². The Morgan fingerprint density at radius 1 is 1.30 bits per heavy atom. The average Bonchev–Trinajstić information content (AvgIpc) is 2.37. The number of ether oxygens (including phenoxy) is 1. The van der Waals surface area contributed by atoms with Gasteiger partial charge in [0.15, 0.2) is 6.61 Å². The second-order valence-electron chi connectivity index (χ2n) is 5.73. The van der Waals surface area contributed by atoms with Crippen molar-refractivity contribution in [3.8, 4) is 5.75 Å². The Morgan fingerprint density at radius 2 is 2.00 bits per heavy atom. The topological polar surface area (TPSA) is 38.3 Å². The van der Waals surface area contributed by atoms with E-state index in [0.29, 0.717) is 5.92 Å². The molecule has 3 nitrogen and oxygen atoms in total. The second-order valence-corrected chi connectivity index (χ2v) is 5.73. The van der Waals surface area contributed by atoms with Crippen LogP contribution in [0.3, 0.4) is 0 Å². The number of hydrogen-bond donors (Lipinski definition) is 1. The van der Waals surface area contributed by atoms with Crippen molar-refractivity contribution in [2.45, 2.75) is 59.4 Å². The molecule has 1 unspecified atom stereocenters. The van der Waals surface area contributed by atoms with Gasteiger partial charge in [0, 0.05) is 6.04 Å². The summed E-state index contributed by atoms with van der Waals surface area (Å²) in [4.78, 5) is 11.8. The summed E-state index contributed by atoms with van der Waals surface area (Å²) in [5.74, 6) is 1.20. The van der Waals surface area contributed by atoms with E-state index in [2.05, 4.69) is 32.2 Å². The van der Waals surface area contributed by atoms with Crippen LogP contribution in [-0.4, -0.2) is 18.6 Å². The first-order valence-electron chi connectivity index (χ1n) is 7.46. The van der Waals surface area contributed by atoms with Gasteiger partial charge in [-0.2, -0.15) is 0 Å². The summed E-state index contributed by atoms with van der Waals surface area (Å²) in [6.07, 6.45) is 2.06. The maximum atomic E-state index is 11.8. The molecule has 0 bridgehead atoms. The predicted octanol–water partition coefficient (Wildman–Crippen LogP) is 3.80. The normalized spacial score (nSPS) is 12.3. The first-order chi connectivity index (χ1) is 9.43. The van der Waals surface area contributed by atoms with Gasteiger partial charge in [-0.3, -0.25) is 4.79 Å². The molecule has 3 heteroatoms. The molecule has 1 rings (SSSR count). The highest BCUT2D eigenvalue weighted by Gasteiger charge is 2.09. The molecular weight excluding hydrogens is 250 g/mol. The highest BCUT2D eigenvalue weighted by molar-refractivity contribution is 5.77. The maximum absolute atomic E-state index is 11.8. The molecule has 1 aromatic rings. The summed E-state index contributed by atoms with van der Waals surface area (Å²) in [6.45, 7) is 10.5. The van der Waals surface area contributed by atoms with E-state index in [1.54, 1.807) is 0 Å². The summed E-state index contributed by atoms with van der Waals surface area (Å²) in [7, 11) is 0. The van der Waals surface area contributed by atoms with Gasteiger partial charge in [0.1, 0.15) is 5.75 Å². The van der Waals surface area contributed by atoms with E-state index < -0.39 is 0 Å². The zero-order valence-electron chi connectivity index (χ0n) is 13.3. The van der Waals surface area contributed by atoms with Crippen LogP contribution in [0.5, 0.6) is 5.75 Å². The van der Waals surface area contributed by atoms with Gasteiger partial charge in [-0.05, 0) is 43.4 Å². The third-order valence-corrected chi connectivity index (χ3v) is 3.37. The van der Waals surface area contributed by atoms with Crippen molar-refractivity contribution in [2.24, 2.45) is 0 Å². The van der Waals surface area contributed by atoms with E-state index >= 15 is 0 Å². The predicted molar refractivity (Wildman–Crippen MR) is 83.3 cm³/mol. The van der Waals surface area contributed by atoms with Crippen molar-refractivity contribution in [3.63, 3.8) is 0 Å². The fourth-order valence-electron chi connectivity index (χ4n) is 2.10. The quantitative estimate of drug-likeness (QED) is 0.823. The van der Waals surface area contributed by atoms with E-state index in [0.717, 1.165) is 24.2 Å². The number of benzene rings is 1. The minimum absolute atomic E-state index is 0.0553. The Kier molecular flexibility index (Phi) is 6.56. The molecule has 0 aliphatic rings. The van der Waals surface area contributed by atoms with Crippen molar-refractivity contribution < 1.29 is 9.53 Å². The molecule has 1 amide bonds. The number of rotatable bonds is 7. The van der Waals surface area contributed by atoms with E-state index in [9.17, 15) is 4.79 Å². The van der Waals surface area contributed by atoms with E-state index in [1.165, 1.54) is 5.56 Å². The monoisotopic (exact) mass is 277 g/mol. The molecule has 0 saturated carbocycles.